The second kappa shape index (κ2) is 6.78. The Kier molecular flexibility index (Phi) is 4.50. The third-order valence-corrected chi connectivity index (χ3v) is 5.67. The summed E-state index contributed by atoms with van der Waals surface area (Å²) in [5.41, 5.74) is 1.79. The van der Waals surface area contributed by atoms with Crippen LogP contribution in [0, 0.1) is 5.82 Å². The lowest BCUT2D eigenvalue weighted by Crippen LogP contribution is -2.43. The van der Waals surface area contributed by atoms with Crippen LogP contribution in [-0.2, 0) is 0 Å². The molecule has 0 unspecified atom stereocenters. The molecule has 0 spiro atoms. The lowest BCUT2D eigenvalue weighted by Gasteiger charge is -2.28. The quantitative estimate of drug-likeness (QED) is 0.743. The monoisotopic (exact) mass is 377 g/mol. The first kappa shape index (κ1) is 16.6. The Labute approximate surface area is 154 Å². The molecule has 1 aromatic heterocycles. The number of rotatable bonds is 3. The van der Waals surface area contributed by atoms with Crippen LogP contribution in [0.25, 0.3) is 22.0 Å². The summed E-state index contributed by atoms with van der Waals surface area (Å²) in [6.07, 6.45) is 0. The highest BCUT2D eigenvalue weighted by molar-refractivity contribution is 7.11. The van der Waals surface area contributed by atoms with Gasteiger partial charge in [0.25, 0.3) is 0 Å². The number of benzene rings is 2. The minimum Gasteiger partial charge on any atom is -0.496 e. The number of fused-ring (bicyclic) bond motifs is 1. The largest absolute Gasteiger partial charge is 0.496 e. The van der Waals surface area contributed by atoms with Gasteiger partial charge >= 0.3 is 0 Å². The summed E-state index contributed by atoms with van der Waals surface area (Å²) in [5, 5.41) is 5.97. The Hall–Kier alpha value is -1.89. The SMILES string of the molecule is COc1cccc(F)c1-c1cc2nsc(N3CCNCC3)c2cc1Cl. The zero-order valence-electron chi connectivity index (χ0n) is 13.7. The molecule has 1 aliphatic heterocycles. The van der Waals surface area contributed by atoms with Crippen LogP contribution in [-0.4, -0.2) is 37.7 Å². The van der Waals surface area contributed by atoms with Gasteiger partial charge in [0.2, 0.25) is 0 Å². The Bertz CT molecular complexity index is 924. The van der Waals surface area contributed by atoms with Crippen LogP contribution in [0.2, 0.25) is 5.02 Å². The van der Waals surface area contributed by atoms with E-state index in [1.807, 2.05) is 12.1 Å². The summed E-state index contributed by atoms with van der Waals surface area (Å²) < 4.78 is 24.3. The first-order chi connectivity index (χ1) is 12.2. The van der Waals surface area contributed by atoms with Gasteiger partial charge in [0.1, 0.15) is 16.6 Å². The van der Waals surface area contributed by atoms with Gasteiger partial charge in [0.15, 0.2) is 0 Å². The summed E-state index contributed by atoms with van der Waals surface area (Å²) in [7, 11) is 1.52. The Morgan fingerprint density at radius 2 is 2.08 bits per heavy atom. The molecule has 1 saturated heterocycles. The van der Waals surface area contributed by atoms with Crippen molar-refractivity contribution in [1.29, 1.82) is 0 Å². The summed E-state index contributed by atoms with van der Waals surface area (Å²) in [6.45, 7) is 3.80. The van der Waals surface area contributed by atoms with Crippen molar-refractivity contribution >= 4 is 39.0 Å². The topological polar surface area (TPSA) is 37.4 Å². The van der Waals surface area contributed by atoms with Gasteiger partial charge in [0, 0.05) is 42.2 Å². The van der Waals surface area contributed by atoms with Crippen LogP contribution in [0.5, 0.6) is 5.75 Å². The van der Waals surface area contributed by atoms with E-state index < -0.39 is 0 Å². The number of aromatic nitrogens is 1. The molecule has 25 heavy (non-hydrogen) atoms. The number of anilines is 1. The molecule has 0 atom stereocenters. The smallest absolute Gasteiger partial charge is 0.134 e. The summed E-state index contributed by atoms with van der Waals surface area (Å²) >= 11 is 7.99. The van der Waals surface area contributed by atoms with Gasteiger partial charge in [-0.15, -0.1) is 0 Å². The second-order valence-corrected chi connectivity index (χ2v) is 7.05. The van der Waals surface area contributed by atoms with Crippen LogP contribution in [0.1, 0.15) is 0 Å². The van der Waals surface area contributed by atoms with Crippen molar-refractivity contribution in [2.24, 2.45) is 0 Å². The average molecular weight is 378 g/mol. The summed E-state index contributed by atoms with van der Waals surface area (Å²) in [5.74, 6) is 0.0944. The molecule has 7 heteroatoms. The molecule has 130 valence electrons. The number of halogens is 2. The summed E-state index contributed by atoms with van der Waals surface area (Å²) in [4.78, 5) is 2.32. The predicted molar refractivity (Wildman–Crippen MR) is 102 cm³/mol. The van der Waals surface area contributed by atoms with Gasteiger partial charge in [-0.05, 0) is 35.8 Å². The van der Waals surface area contributed by atoms with Crippen molar-refractivity contribution in [3.05, 3.63) is 41.2 Å². The molecule has 2 heterocycles. The first-order valence-electron chi connectivity index (χ1n) is 8.06. The van der Waals surface area contributed by atoms with Crippen molar-refractivity contribution in [2.75, 3.05) is 38.2 Å². The highest BCUT2D eigenvalue weighted by Gasteiger charge is 2.20. The molecular formula is C18H17ClFN3OS. The van der Waals surface area contributed by atoms with Crippen molar-refractivity contribution in [3.8, 4) is 16.9 Å². The summed E-state index contributed by atoms with van der Waals surface area (Å²) in [6, 6.07) is 8.49. The number of nitrogens with zero attached hydrogens (tertiary/aromatic N) is 2. The Balaban J connectivity index is 1.84. The first-order valence-corrected chi connectivity index (χ1v) is 9.21. The number of hydrogen-bond acceptors (Lipinski definition) is 5. The maximum absolute atomic E-state index is 14.4. The van der Waals surface area contributed by atoms with E-state index in [0.29, 0.717) is 21.9 Å². The van der Waals surface area contributed by atoms with Crippen molar-refractivity contribution in [2.45, 2.75) is 0 Å². The highest BCUT2D eigenvalue weighted by Crippen LogP contribution is 2.41. The van der Waals surface area contributed by atoms with Gasteiger partial charge in [-0.3, -0.25) is 0 Å². The van der Waals surface area contributed by atoms with E-state index in [4.69, 9.17) is 16.3 Å². The Morgan fingerprint density at radius 1 is 1.28 bits per heavy atom. The van der Waals surface area contributed by atoms with Gasteiger partial charge in [-0.2, -0.15) is 4.37 Å². The molecule has 0 radical (unpaired) electrons. The zero-order valence-corrected chi connectivity index (χ0v) is 15.3. The lowest BCUT2D eigenvalue weighted by atomic mass is 10.0. The molecule has 2 aromatic carbocycles. The van der Waals surface area contributed by atoms with E-state index in [2.05, 4.69) is 14.6 Å². The van der Waals surface area contributed by atoms with Crippen molar-refractivity contribution in [1.82, 2.24) is 9.69 Å². The lowest BCUT2D eigenvalue weighted by molar-refractivity contribution is 0.413. The number of hydrogen-bond donors (Lipinski definition) is 1. The number of nitrogens with one attached hydrogen (secondary N) is 1. The molecule has 4 nitrogen and oxygen atoms in total. The van der Waals surface area contributed by atoms with Gasteiger partial charge in [-0.1, -0.05) is 17.7 Å². The third kappa shape index (κ3) is 2.94. The molecule has 0 bridgehead atoms. The molecule has 0 amide bonds. The predicted octanol–water partition coefficient (Wildman–Crippen LogP) is 4.17. The minimum atomic E-state index is -0.363. The number of methoxy groups -OCH3 is 1. The molecule has 1 aliphatic rings. The molecule has 0 saturated carbocycles. The van der Waals surface area contributed by atoms with Gasteiger partial charge in [0.05, 0.1) is 18.2 Å². The minimum absolute atomic E-state index is 0.363. The molecular weight excluding hydrogens is 361 g/mol. The Morgan fingerprint density at radius 3 is 2.84 bits per heavy atom. The van der Waals surface area contributed by atoms with Crippen LogP contribution in [0.4, 0.5) is 9.39 Å². The normalized spacial score (nSPS) is 14.9. The van der Waals surface area contributed by atoms with Crippen molar-refractivity contribution in [3.63, 3.8) is 0 Å². The average Bonchev–Trinajstić information content (AvgIpc) is 3.04. The fourth-order valence-corrected chi connectivity index (χ4v) is 4.33. The van der Waals surface area contributed by atoms with Crippen LogP contribution >= 0.6 is 23.1 Å². The van der Waals surface area contributed by atoms with Crippen LogP contribution < -0.4 is 15.0 Å². The van der Waals surface area contributed by atoms with E-state index in [1.165, 1.54) is 24.7 Å². The van der Waals surface area contributed by atoms with Crippen LogP contribution in [0.15, 0.2) is 30.3 Å². The number of piperazine rings is 1. The van der Waals surface area contributed by atoms with E-state index in [1.54, 1.807) is 12.1 Å². The molecule has 1 N–H and O–H groups in total. The maximum Gasteiger partial charge on any atom is 0.134 e. The maximum atomic E-state index is 14.4. The van der Waals surface area contributed by atoms with E-state index in [0.717, 1.165) is 42.1 Å². The van der Waals surface area contributed by atoms with E-state index in [9.17, 15) is 4.39 Å². The second-order valence-electron chi connectivity index (χ2n) is 5.89. The molecule has 3 aromatic rings. The molecule has 4 rings (SSSR count). The van der Waals surface area contributed by atoms with Crippen LogP contribution in [0.3, 0.4) is 0 Å². The third-order valence-electron chi connectivity index (χ3n) is 4.42. The van der Waals surface area contributed by atoms with E-state index >= 15 is 0 Å². The van der Waals surface area contributed by atoms with Crippen molar-refractivity contribution < 1.29 is 9.13 Å². The number of ether oxygens (including phenoxy) is 1. The zero-order chi connectivity index (χ0) is 17.4. The standard InChI is InChI=1S/C18H17ClFN3OS/c1-24-16-4-2-3-14(20)17(16)11-10-15-12(9-13(11)19)18(25-22-15)23-7-5-21-6-8-23/h2-4,9-10,21H,5-8H2,1H3. The van der Waals surface area contributed by atoms with Gasteiger partial charge in [-0.25, -0.2) is 4.39 Å². The van der Waals surface area contributed by atoms with E-state index in [-0.39, 0.29) is 5.82 Å². The van der Waals surface area contributed by atoms with Gasteiger partial charge < -0.3 is 15.0 Å². The molecule has 0 aliphatic carbocycles. The fourth-order valence-electron chi connectivity index (χ4n) is 3.17. The molecule has 1 fully saturated rings. The highest BCUT2D eigenvalue weighted by atomic mass is 35.5. The fraction of sp³-hybridized carbons (Fsp3) is 0.278.